The molecule has 6 fully saturated rings. The lowest BCUT2D eigenvalue weighted by molar-refractivity contribution is -0.335. The normalized spacial score (nSPS) is 49.4. The van der Waals surface area contributed by atoms with Gasteiger partial charge >= 0.3 is 12.1 Å². The lowest BCUT2D eigenvalue weighted by Crippen LogP contribution is -2.62. The third-order valence-electron chi connectivity index (χ3n) is 19.9. The number of ketones is 1. The zero-order valence-electron chi connectivity index (χ0n) is 49.8. The van der Waals surface area contributed by atoms with Crippen LogP contribution in [0.25, 0.3) is 0 Å². The molecule has 1 amide bonds. The number of esters is 1. The molecule has 1 spiro atoms. The maximum Gasteiger partial charge on any atom is 0.407 e. The van der Waals surface area contributed by atoms with Crippen molar-refractivity contribution < 1.29 is 97.1 Å². The Labute approximate surface area is 481 Å². The molecule has 5 heterocycles. The Morgan fingerprint density at radius 3 is 1.99 bits per heavy atom. The molecule has 0 unspecified atom stereocenters. The van der Waals surface area contributed by atoms with Crippen molar-refractivity contribution in [1.82, 2.24) is 5.32 Å². The number of nitrogens with one attached hydrogen (secondary N) is 1. The maximum absolute atomic E-state index is 15.5. The first-order valence-corrected chi connectivity index (χ1v) is 29.6. The Balaban J connectivity index is 1.00. The van der Waals surface area contributed by atoms with Crippen molar-refractivity contribution in [1.29, 1.82) is 0 Å². The number of ether oxygens (including phenoxy) is 11. The molecule has 0 radical (unpaired) electrons. The molecule has 5 aliphatic heterocycles. The molecule has 9 rings (SSSR count). The van der Waals surface area contributed by atoms with Crippen LogP contribution in [0.4, 0.5) is 4.79 Å². The molecule has 0 aromatic rings. The molecule has 0 aromatic carbocycles. The Kier molecular flexibility index (Phi) is 18.9. The second-order valence-corrected chi connectivity index (χ2v) is 25.7. The van der Waals surface area contributed by atoms with E-state index in [9.17, 15) is 40.2 Å². The van der Waals surface area contributed by atoms with Crippen LogP contribution in [0.5, 0.6) is 0 Å². The molecule has 21 nitrogen and oxygen atoms in total. The van der Waals surface area contributed by atoms with E-state index in [1.54, 1.807) is 40.7 Å². The van der Waals surface area contributed by atoms with E-state index in [-0.39, 0.29) is 62.2 Å². The van der Waals surface area contributed by atoms with Crippen LogP contribution in [0.1, 0.15) is 121 Å². The van der Waals surface area contributed by atoms with E-state index < -0.39 is 168 Å². The molecule has 460 valence electrons. The highest BCUT2D eigenvalue weighted by Crippen LogP contribution is 2.61. The van der Waals surface area contributed by atoms with Crippen LogP contribution in [0.3, 0.4) is 0 Å². The summed E-state index contributed by atoms with van der Waals surface area (Å²) < 4.78 is 68.1. The Morgan fingerprint density at radius 2 is 1.35 bits per heavy atom. The van der Waals surface area contributed by atoms with Crippen molar-refractivity contribution in [3.05, 3.63) is 58.4 Å². The van der Waals surface area contributed by atoms with Crippen LogP contribution in [-0.4, -0.2) is 185 Å². The van der Waals surface area contributed by atoms with Crippen molar-refractivity contribution in [3.8, 4) is 0 Å². The molecule has 5 saturated heterocycles. The zero-order valence-corrected chi connectivity index (χ0v) is 49.8. The van der Waals surface area contributed by atoms with Crippen LogP contribution in [0.15, 0.2) is 58.4 Å². The van der Waals surface area contributed by atoms with Crippen molar-refractivity contribution in [2.75, 3.05) is 20.8 Å². The number of carbonyl (C=O) groups is 3. The Bertz CT molecular complexity index is 2490. The topological polar surface area (TPSA) is 286 Å². The summed E-state index contributed by atoms with van der Waals surface area (Å²) in [5.74, 6) is -4.69. The van der Waals surface area contributed by atoms with Crippen molar-refractivity contribution in [2.45, 2.75) is 237 Å². The predicted molar refractivity (Wildman–Crippen MR) is 293 cm³/mol. The third kappa shape index (κ3) is 11.8. The Hall–Kier alpha value is -3.65. The predicted octanol–water partition coefficient (Wildman–Crippen LogP) is 5.29. The summed E-state index contributed by atoms with van der Waals surface area (Å²) in [5, 5.41) is 71.8. The fraction of sp³-hybridized carbons (Fsp3) is 0.787. The number of allylic oxidation sites excluding steroid dienone is 3. The van der Waals surface area contributed by atoms with Crippen molar-refractivity contribution >= 4 is 17.8 Å². The van der Waals surface area contributed by atoms with Gasteiger partial charge in [0, 0.05) is 62.4 Å². The number of amides is 1. The van der Waals surface area contributed by atoms with E-state index >= 15 is 4.79 Å². The molecule has 9 aliphatic rings. The first kappa shape index (κ1) is 62.9. The average molecular weight is 1160 g/mol. The van der Waals surface area contributed by atoms with Crippen LogP contribution >= 0.6 is 0 Å². The summed E-state index contributed by atoms with van der Waals surface area (Å²) in [4.78, 5) is 42.5. The second kappa shape index (κ2) is 24.6. The number of carbonyl (C=O) groups excluding carboxylic acids is 3. The summed E-state index contributed by atoms with van der Waals surface area (Å²) in [6, 6.07) is -0.817. The van der Waals surface area contributed by atoms with E-state index in [1.807, 2.05) is 45.9 Å². The molecule has 21 heteroatoms. The van der Waals surface area contributed by atoms with Gasteiger partial charge in [-0.2, -0.15) is 0 Å². The van der Waals surface area contributed by atoms with Gasteiger partial charge in [-0.05, 0) is 96.1 Å². The van der Waals surface area contributed by atoms with Gasteiger partial charge in [-0.25, -0.2) is 9.59 Å². The quantitative estimate of drug-likeness (QED) is 0.0786. The lowest BCUT2D eigenvalue weighted by atomic mass is 9.49. The minimum atomic E-state index is -1.77. The zero-order chi connectivity index (χ0) is 59.7. The van der Waals surface area contributed by atoms with Gasteiger partial charge in [0.05, 0.1) is 80.3 Å². The number of aliphatic hydroxyl groups is 6. The average Bonchev–Trinajstić information content (AvgIpc) is 3.56. The van der Waals surface area contributed by atoms with Gasteiger partial charge in [-0.15, -0.1) is 0 Å². The van der Waals surface area contributed by atoms with Gasteiger partial charge in [0.25, 0.3) is 0 Å². The SMILES string of the molecule is COC(=O)N[C@H]1[C@@H](C)O[C@@H](O[C@H]2C/C=C(\C)[C@@H]3C=C[C@@H]4[C@@H](O[C@H]5C[C@@H](O[C@H]6C[C@@H](O)[C@@H](O[C@@H]7C[C@@H](O)[C@@H](OC)[C@H](C)O7)[C@H](C)O6)[C@@H](O)[C@H](C)O5)[C@@H](C)C[C@H](C)[C@H]4[C@]3(C)C(O)=C3C(=O)O[C@]4(C[C@@H](C)C(CO)=C[C@H]4/C=C/2C)C3=O)C[C@]1(C)O. The highest BCUT2D eigenvalue weighted by molar-refractivity contribution is 6.26. The highest BCUT2D eigenvalue weighted by Gasteiger charge is 2.64. The van der Waals surface area contributed by atoms with Crippen molar-refractivity contribution in [2.24, 2.45) is 46.8 Å². The number of Topliss-reactive ketones (excluding diaryl/α,β-unsaturated/α-hetero) is 1. The first-order valence-electron chi connectivity index (χ1n) is 29.6. The van der Waals surface area contributed by atoms with Gasteiger partial charge in [0.15, 0.2) is 30.8 Å². The molecule has 1 saturated carbocycles. The van der Waals surface area contributed by atoms with E-state index in [0.29, 0.717) is 24.0 Å². The number of rotatable bonds is 11. The number of fused-ring (bicyclic) bond motifs is 4. The summed E-state index contributed by atoms with van der Waals surface area (Å²) >= 11 is 0. The summed E-state index contributed by atoms with van der Waals surface area (Å²) in [6.45, 7) is 20.2. The summed E-state index contributed by atoms with van der Waals surface area (Å²) in [5.41, 5.74) is -2.78. The van der Waals surface area contributed by atoms with E-state index in [0.717, 1.165) is 5.57 Å². The molecule has 0 aromatic heterocycles. The van der Waals surface area contributed by atoms with Crippen LogP contribution in [0.2, 0.25) is 0 Å². The van der Waals surface area contributed by atoms with Gasteiger partial charge in [-0.1, -0.05) is 63.6 Å². The van der Waals surface area contributed by atoms with Crippen LogP contribution < -0.4 is 5.32 Å². The summed E-state index contributed by atoms with van der Waals surface area (Å²) in [6.07, 6.45) is -2.03. The maximum atomic E-state index is 15.5. The largest absolute Gasteiger partial charge is 0.511 e. The molecule has 82 heavy (non-hydrogen) atoms. The van der Waals surface area contributed by atoms with Gasteiger partial charge < -0.3 is 88.1 Å². The lowest BCUT2D eigenvalue weighted by Gasteiger charge is -2.56. The van der Waals surface area contributed by atoms with E-state index in [1.165, 1.54) is 14.2 Å². The van der Waals surface area contributed by atoms with Gasteiger partial charge in [0.2, 0.25) is 5.78 Å². The van der Waals surface area contributed by atoms with Crippen molar-refractivity contribution in [3.63, 3.8) is 0 Å². The van der Waals surface area contributed by atoms with E-state index in [2.05, 4.69) is 25.2 Å². The Morgan fingerprint density at radius 1 is 0.732 bits per heavy atom. The first-order chi connectivity index (χ1) is 38.6. The minimum Gasteiger partial charge on any atom is -0.511 e. The van der Waals surface area contributed by atoms with Crippen LogP contribution in [-0.2, 0) is 61.7 Å². The van der Waals surface area contributed by atoms with Gasteiger partial charge in [0.1, 0.15) is 29.6 Å². The standard InChI is InChI=1S/C61H91NO20/c1-27-14-17-42(78-47-25-59(10,71)54(35(9)77-47)62-58(70)73-13)28(2)19-37-20-36(26-63)31(5)24-61(37)56(68)48(57(69)82-61)55(67)60(11)39(27)16-15-38-49(60)29(3)18-30(4)51(38)80-46-23-43(50(66)32(6)74-46)79-44-22-41(65)53(34(8)76-44)81-45-21-40(64)52(72-12)33(7)75-45/h14-16,19-20,29-35,37-47,49-54,63-67,71H,17-18,21-26H2,1-13H3,(H,62,70)/b27-14+,28-19+,55-48?/t29-,30-,31+,32-,33-,34-,35+,37+,38-,39-,40+,41+,42-,43+,44-,45+,46-,47-,49+,50-,51-,52-,53-,54-,59-,60+,61-/m0/s1. The highest BCUT2D eigenvalue weighted by atomic mass is 16.7. The second-order valence-electron chi connectivity index (χ2n) is 25.7. The number of methoxy groups -OCH3 is 2. The van der Waals surface area contributed by atoms with Gasteiger partial charge in [-0.3, -0.25) is 4.79 Å². The fourth-order valence-corrected chi connectivity index (χ4v) is 15.6. The molecular weight excluding hydrogens is 1070 g/mol. The summed E-state index contributed by atoms with van der Waals surface area (Å²) in [7, 11) is 2.75. The van der Waals surface area contributed by atoms with Crippen LogP contribution in [0, 0.1) is 46.8 Å². The molecule has 4 aliphatic carbocycles. The fourth-order valence-electron chi connectivity index (χ4n) is 15.6. The molecule has 2 bridgehead atoms. The molecule has 27 atom stereocenters. The minimum absolute atomic E-state index is 0.0183. The number of hydrogen-bond acceptors (Lipinski definition) is 20. The number of hydrogen-bond donors (Lipinski definition) is 7. The number of alkyl carbamates (subject to hydrolysis) is 1. The number of aliphatic hydroxyl groups excluding tert-OH is 5. The molecule has 7 N–H and O–H groups in total. The monoisotopic (exact) mass is 1160 g/mol. The molecular formula is C61H91NO20. The van der Waals surface area contributed by atoms with E-state index in [4.69, 9.17) is 52.1 Å². The third-order valence-corrected chi connectivity index (χ3v) is 19.9. The smallest absolute Gasteiger partial charge is 0.407 e.